The van der Waals surface area contributed by atoms with E-state index in [4.69, 9.17) is 18.8 Å². The summed E-state index contributed by atoms with van der Waals surface area (Å²) in [6.45, 7) is 10.9. The van der Waals surface area contributed by atoms with Gasteiger partial charge in [0.05, 0.1) is 30.0 Å². The number of rotatable bonds is 8. The molecule has 0 spiro atoms. The Labute approximate surface area is 158 Å². The zero-order valence-corrected chi connectivity index (χ0v) is 16.7. The van der Waals surface area contributed by atoms with Crippen LogP contribution in [-0.2, 0) is 20.7 Å². The van der Waals surface area contributed by atoms with Crippen molar-refractivity contribution in [1.82, 2.24) is 0 Å². The third-order valence-electron chi connectivity index (χ3n) is 5.32. The lowest BCUT2D eigenvalue weighted by molar-refractivity contribution is 0.00578. The van der Waals surface area contributed by atoms with Crippen LogP contribution in [0.25, 0.3) is 0 Å². The maximum absolute atomic E-state index is 5.96. The molecule has 2 fully saturated rings. The molecule has 1 aromatic rings. The lowest BCUT2D eigenvalue weighted by atomic mass is 9.89. The lowest BCUT2D eigenvalue weighted by Crippen LogP contribution is -2.41. The van der Waals surface area contributed by atoms with Gasteiger partial charge in [-0.15, -0.1) is 0 Å². The van der Waals surface area contributed by atoms with Gasteiger partial charge in [-0.05, 0) is 71.6 Å². The maximum atomic E-state index is 5.96. The fraction of sp³-hybridized carbons (Fsp3) is 0.619. The Bertz CT molecular complexity index is 603. The largest absolute Gasteiger partial charge is 0.490 e. The molecule has 1 heterocycles. The summed E-state index contributed by atoms with van der Waals surface area (Å²) in [5.41, 5.74) is 0.578. The van der Waals surface area contributed by atoms with Crippen molar-refractivity contribution in [2.45, 2.75) is 83.9 Å². The van der Waals surface area contributed by atoms with E-state index in [1.807, 2.05) is 18.1 Å². The molecule has 4 nitrogen and oxygen atoms in total. The molecule has 1 saturated carbocycles. The van der Waals surface area contributed by atoms with Gasteiger partial charge in [-0.1, -0.05) is 24.2 Å². The molecule has 26 heavy (non-hydrogen) atoms. The van der Waals surface area contributed by atoms with Crippen LogP contribution in [0.2, 0.25) is 0 Å². The molecule has 0 aromatic heterocycles. The quantitative estimate of drug-likeness (QED) is 0.631. The molecule has 1 aliphatic carbocycles. The molecule has 1 atom stereocenters. The maximum Gasteiger partial charge on any atom is 0.486 e. The fourth-order valence-corrected chi connectivity index (χ4v) is 2.70. The molecule has 0 amide bonds. The highest BCUT2D eigenvalue weighted by atomic mass is 16.7. The van der Waals surface area contributed by atoms with Crippen molar-refractivity contribution in [3.05, 3.63) is 41.9 Å². The van der Waals surface area contributed by atoms with Gasteiger partial charge < -0.3 is 18.8 Å². The second-order valence-electron chi connectivity index (χ2n) is 8.37. The molecule has 3 rings (SSSR count). The first-order valence-corrected chi connectivity index (χ1v) is 9.65. The first-order chi connectivity index (χ1) is 12.2. The predicted octanol–water partition coefficient (Wildman–Crippen LogP) is 4.71. The van der Waals surface area contributed by atoms with E-state index < -0.39 is 0 Å². The number of hydrogen-bond donors (Lipinski definition) is 0. The van der Waals surface area contributed by atoms with Gasteiger partial charge in [0.15, 0.2) is 0 Å². The Morgan fingerprint density at radius 2 is 1.73 bits per heavy atom. The molecular weight excluding hydrogens is 327 g/mol. The summed E-state index contributed by atoms with van der Waals surface area (Å²) in [7, 11) is -0.286. The second-order valence-corrected chi connectivity index (χ2v) is 8.37. The second kappa shape index (κ2) is 7.75. The van der Waals surface area contributed by atoms with Crippen LogP contribution in [0.15, 0.2) is 36.3 Å². The van der Waals surface area contributed by atoms with E-state index in [-0.39, 0.29) is 24.4 Å². The van der Waals surface area contributed by atoms with Gasteiger partial charge in [0.2, 0.25) is 0 Å². The van der Waals surface area contributed by atoms with Crippen molar-refractivity contribution in [3.63, 3.8) is 0 Å². The van der Waals surface area contributed by atoms with Crippen molar-refractivity contribution in [2.24, 2.45) is 0 Å². The molecule has 0 bridgehead atoms. The highest BCUT2D eigenvalue weighted by Crippen LogP contribution is 2.36. The van der Waals surface area contributed by atoms with E-state index >= 15 is 0 Å². The van der Waals surface area contributed by atoms with Crippen LogP contribution in [0.1, 0.15) is 59.4 Å². The van der Waals surface area contributed by atoms with Gasteiger partial charge in [0.1, 0.15) is 5.75 Å². The summed E-state index contributed by atoms with van der Waals surface area (Å²) < 4.78 is 23.6. The first-order valence-electron chi connectivity index (χ1n) is 9.65. The average molecular weight is 358 g/mol. The summed E-state index contributed by atoms with van der Waals surface area (Å²) in [5.74, 6) is 2.94. The standard InChI is InChI=1S/C21H31BO4/c1-16(7-6-14-22-25-20(2,3)21(4,5)26-22)23-15-17-8-10-18(11-9-17)24-19-12-13-19/h6,8-11,14,16,19H,7,12-13,15H2,1-5H3/b14-6+/t16-/m1/s1. The predicted molar refractivity (Wildman–Crippen MR) is 104 cm³/mol. The zero-order chi connectivity index (χ0) is 18.8. The molecule has 5 heteroatoms. The van der Waals surface area contributed by atoms with Gasteiger partial charge in [0, 0.05) is 0 Å². The topological polar surface area (TPSA) is 36.9 Å². The van der Waals surface area contributed by atoms with E-state index in [2.05, 4.69) is 52.8 Å². The third-order valence-corrected chi connectivity index (χ3v) is 5.32. The van der Waals surface area contributed by atoms with E-state index in [9.17, 15) is 0 Å². The lowest BCUT2D eigenvalue weighted by Gasteiger charge is -2.32. The minimum atomic E-state index is -0.292. The smallest absolute Gasteiger partial charge is 0.486 e. The molecule has 0 unspecified atom stereocenters. The zero-order valence-electron chi connectivity index (χ0n) is 16.7. The SMILES string of the molecule is C[C@H](C/C=C/B1OC(C)(C)C(C)(C)O1)OCc1ccc(OC2CC2)cc1. The molecule has 0 N–H and O–H groups in total. The normalized spacial score (nSPS) is 22.7. The minimum absolute atomic E-state index is 0.135. The van der Waals surface area contributed by atoms with Gasteiger partial charge in [0.25, 0.3) is 0 Å². The van der Waals surface area contributed by atoms with Crippen molar-refractivity contribution in [2.75, 3.05) is 0 Å². The molecule has 142 valence electrons. The Morgan fingerprint density at radius 3 is 2.31 bits per heavy atom. The van der Waals surface area contributed by atoms with Crippen LogP contribution in [0, 0.1) is 0 Å². The average Bonchev–Trinajstić information content (AvgIpc) is 3.33. The van der Waals surface area contributed by atoms with Crippen molar-refractivity contribution >= 4 is 7.12 Å². The summed E-state index contributed by atoms with van der Waals surface area (Å²) in [4.78, 5) is 0. The van der Waals surface area contributed by atoms with E-state index in [0.717, 1.165) is 17.7 Å². The summed E-state index contributed by atoms with van der Waals surface area (Å²) >= 11 is 0. The van der Waals surface area contributed by atoms with Gasteiger partial charge >= 0.3 is 7.12 Å². The van der Waals surface area contributed by atoms with Crippen molar-refractivity contribution in [3.8, 4) is 5.75 Å². The Kier molecular flexibility index (Phi) is 5.80. The monoisotopic (exact) mass is 358 g/mol. The van der Waals surface area contributed by atoms with E-state index in [1.54, 1.807) is 0 Å². The summed E-state index contributed by atoms with van der Waals surface area (Å²) in [5, 5.41) is 0. The molecular formula is C21H31BO4. The first kappa shape index (κ1) is 19.5. The Morgan fingerprint density at radius 1 is 1.12 bits per heavy atom. The van der Waals surface area contributed by atoms with Gasteiger partial charge in [-0.3, -0.25) is 0 Å². The minimum Gasteiger partial charge on any atom is -0.490 e. The molecule has 2 aliphatic rings. The van der Waals surface area contributed by atoms with Gasteiger partial charge in [-0.2, -0.15) is 0 Å². The number of benzene rings is 1. The van der Waals surface area contributed by atoms with E-state index in [1.165, 1.54) is 12.8 Å². The molecule has 1 aromatic carbocycles. The van der Waals surface area contributed by atoms with Crippen LogP contribution < -0.4 is 4.74 Å². The Balaban J connectivity index is 1.38. The van der Waals surface area contributed by atoms with Crippen molar-refractivity contribution < 1.29 is 18.8 Å². The number of ether oxygens (including phenoxy) is 2. The van der Waals surface area contributed by atoms with Crippen LogP contribution in [0.5, 0.6) is 5.75 Å². The van der Waals surface area contributed by atoms with Crippen LogP contribution in [0.4, 0.5) is 0 Å². The molecule has 0 radical (unpaired) electrons. The molecule has 1 saturated heterocycles. The van der Waals surface area contributed by atoms with Crippen LogP contribution in [0.3, 0.4) is 0 Å². The van der Waals surface area contributed by atoms with Gasteiger partial charge in [-0.25, -0.2) is 0 Å². The summed E-state index contributed by atoms with van der Waals surface area (Å²) in [6.07, 6.45) is 5.85. The highest BCUT2D eigenvalue weighted by Gasteiger charge is 2.49. The highest BCUT2D eigenvalue weighted by molar-refractivity contribution is 6.51. The Hall–Kier alpha value is -1.30. The fourth-order valence-electron chi connectivity index (χ4n) is 2.70. The molecule has 1 aliphatic heterocycles. The van der Waals surface area contributed by atoms with Crippen molar-refractivity contribution in [1.29, 1.82) is 0 Å². The summed E-state index contributed by atoms with van der Waals surface area (Å²) in [6, 6.07) is 8.20. The van der Waals surface area contributed by atoms with E-state index in [0.29, 0.717) is 12.7 Å². The van der Waals surface area contributed by atoms with Crippen LogP contribution >= 0.6 is 0 Å². The van der Waals surface area contributed by atoms with Crippen LogP contribution in [-0.4, -0.2) is 30.5 Å². The number of hydrogen-bond acceptors (Lipinski definition) is 4. The third kappa shape index (κ3) is 5.12.